The summed E-state index contributed by atoms with van der Waals surface area (Å²) in [6, 6.07) is 12.6. The lowest BCUT2D eigenvalue weighted by Gasteiger charge is -2.33. The average Bonchev–Trinajstić information content (AvgIpc) is 2.86. The molecule has 4 rings (SSSR count). The van der Waals surface area contributed by atoms with Crippen molar-refractivity contribution in [1.29, 1.82) is 0 Å². The van der Waals surface area contributed by atoms with Gasteiger partial charge in [0.1, 0.15) is 22.3 Å². The number of hydrogen-bond acceptors (Lipinski definition) is 6. The van der Waals surface area contributed by atoms with Crippen molar-refractivity contribution in [2.24, 2.45) is 0 Å². The molecule has 0 aliphatic carbocycles. The Hall–Kier alpha value is -2.83. The number of methoxy groups -OCH3 is 3. The predicted molar refractivity (Wildman–Crippen MR) is 134 cm³/mol. The fourth-order valence-electron chi connectivity index (χ4n) is 4.36. The molecule has 0 amide bonds. The Bertz CT molecular complexity index is 973. The molecular weight excluding hydrogens is 438 g/mol. The largest absolute Gasteiger partial charge is 0.497 e. The number of likely N-dealkylation sites (tertiary alicyclic amines) is 1. The van der Waals surface area contributed by atoms with E-state index in [2.05, 4.69) is 39.8 Å². The number of nitrogens with zero attached hydrogens (tertiary/aromatic N) is 1. The van der Waals surface area contributed by atoms with E-state index >= 15 is 0 Å². The minimum Gasteiger partial charge on any atom is -0.497 e. The minimum atomic E-state index is 0.0411. The third kappa shape index (κ3) is 5.75. The molecular formula is C26H32ClN3O3. The zero-order valence-electron chi connectivity index (χ0n) is 19.4. The summed E-state index contributed by atoms with van der Waals surface area (Å²) in [5.41, 5.74) is 3.50. The zero-order chi connectivity index (χ0) is 23.2. The molecule has 1 saturated heterocycles. The van der Waals surface area contributed by atoms with Gasteiger partial charge >= 0.3 is 0 Å². The van der Waals surface area contributed by atoms with Crippen molar-refractivity contribution in [2.45, 2.75) is 24.9 Å². The third-order valence-electron chi connectivity index (χ3n) is 6.24. The number of anilines is 1. The van der Waals surface area contributed by atoms with Gasteiger partial charge in [0.2, 0.25) is 0 Å². The normalized spacial score (nSPS) is 18.9. The molecule has 0 saturated carbocycles. The number of hydrogen-bond donors (Lipinski definition) is 2. The van der Waals surface area contributed by atoms with E-state index in [1.165, 1.54) is 5.57 Å². The van der Waals surface area contributed by atoms with Crippen molar-refractivity contribution in [1.82, 2.24) is 10.2 Å². The van der Waals surface area contributed by atoms with Gasteiger partial charge in [0, 0.05) is 31.4 Å². The Morgan fingerprint density at radius 3 is 2.27 bits per heavy atom. The number of rotatable bonds is 8. The summed E-state index contributed by atoms with van der Waals surface area (Å²) in [5, 5.41) is 7.57. The number of ether oxygens (including phenoxy) is 3. The van der Waals surface area contributed by atoms with E-state index in [0.717, 1.165) is 49.5 Å². The zero-order valence-corrected chi connectivity index (χ0v) is 20.2. The maximum Gasteiger partial charge on any atom is 0.141 e. The lowest BCUT2D eigenvalue weighted by Crippen LogP contribution is -2.40. The highest BCUT2D eigenvalue weighted by atomic mass is 35.5. The molecule has 33 heavy (non-hydrogen) atoms. The van der Waals surface area contributed by atoms with Crippen LogP contribution in [0.5, 0.6) is 17.2 Å². The lowest BCUT2D eigenvalue weighted by atomic mass is 9.99. The van der Waals surface area contributed by atoms with Crippen molar-refractivity contribution in [2.75, 3.05) is 46.3 Å². The summed E-state index contributed by atoms with van der Waals surface area (Å²) in [5.74, 6) is 2.11. The minimum absolute atomic E-state index is 0.0411. The number of piperidine rings is 1. The van der Waals surface area contributed by atoms with Crippen molar-refractivity contribution >= 4 is 17.3 Å². The number of halogens is 1. The van der Waals surface area contributed by atoms with E-state index in [-0.39, 0.29) is 6.04 Å². The molecule has 2 heterocycles. The SMILES string of the molecule is COc1ccc(NC2CCN(CC3=CC(c4cc(OC)c(Cl)c(OC)c4)NC=C3)CC2)cc1. The van der Waals surface area contributed by atoms with Crippen LogP contribution in [0.1, 0.15) is 24.4 Å². The van der Waals surface area contributed by atoms with Gasteiger partial charge in [-0.3, -0.25) is 4.90 Å². The second-order valence-electron chi connectivity index (χ2n) is 8.38. The number of benzene rings is 2. The van der Waals surface area contributed by atoms with E-state index in [1.807, 2.05) is 30.5 Å². The highest BCUT2D eigenvalue weighted by Gasteiger charge is 2.21. The molecule has 176 valence electrons. The van der Waals surface area contributed by atoms with Crippen LogP contribution in [0.15, 0.2) is 60.3 Å². The van der Waals surface area contributed by atoms with Crippen LogP contribution in [0, 0.1) is 0 Å². The van der Waals surface area contributed by atoms with Gasteiger partial charge in [0.25, 0.3) is 0 Å². The third-order valence-corrected chi connectivity index (χ3v) is 6.61. The summed E-state index contributed by atoms with van der Waals surface area (Å²) >= 11 is 6.34. The van der Waals surface area contributed by atoms with Gasteiger partial charge in [-0.15, -0.1) is 0 Å². The fraction of sp³-hybridized carbons (Fsp3) is 0.385. The topological polar surface area (TPSA) is 55.0 Å². The van der Waals surface area contributed by atoms with E-state index in [1.54, 1.807) is 21.3 Å². The van der Waals surface area contributed by atoms with Crippen molar-refractivity contribution in [3.63, 3.8) is 0 Å². The number of dihydropyridines is 1. The van der Waals surface area contributed by atoms with Gasteiger partial charge in [-0.05, 0) is 72.7 Å². The molecule has 1 atom stereocenters. The molecule has 2 N–H and O–H groups in total. The van der Waals surface area contributed by atoms with Gasteiger partial charge in [-0.2, -0.15) is 0 Å². The van der Waals surface area contributed by atoms with Crippen molar-refractivity contribution < 1.29 is 14.2 Å². The number of nitrogens with one attached hydrogen (secondary N) is 2. The van der Waals surface area contributed by atoms with Crippen LogP contribution in [0.2, 0.25) is 5.02 Å². The van der Waals surface area contributed by atoms with Crippen LogP contribution in [0.25, 0.3) is 0 Å². The van der Waals surface area contributed by atoms with Gasteiger partial charge in [0.05, 0.1) is 27.4 Å². The summed E-state index contributed by atoms with van der Waals surface area (Å²) < 4.78 is 16.1. The average molecular weight is 470 g/mol. The van der Waals surface area contributed by atoms with Gasteiger partial charge in [-0.1, -0.05) is 17.7 Å². The first-order valence-corrected chi connectivity index (χ1v) is 11.6. The second kappa shape index (κ2) is 10.9. The van der Waals surface area contributed by atoms with Gasteiger partial charge in [-0.25, -0.2) is 0 Å². The van der Waals surface area contributed by atoms with E-state index < -0.39 is 0 Å². The molecule has 0 aromatic heterocycles. The Morgan fingerprint density at radius 2 is 1.67 bits per heavy atom. The molecule has 0 spiro atoms. The molecule has 2 aromatic rings. The van der Waals surface area contributed by atoms with Crippen LogP contribution < -0.4 is 24.8 Å². The first kappa shape index (κ1) is 23.3. The van der Waals surface area contributed by atoms with E-state index in [4.69, 9.17) is 25.8 Å². The quantitative estimate of drug-likeness (QED) is 0.565. The molecule has 0 radical (unpaired) electrons. The standard InChI is InChI=1S/C26H32ClN3O3/c1-31-22-6-4-20(5-7-22)29-21-9-12-30(13-10-21)17-18-8-11-28-23(14-18)19-15-24(32-2)26(27)25(16-19)33-3/h4-8,11,14-16,21,23,28-29H,9-10,12-13,17H2,1-3H3. The molecule has 0 bridgehead atoms. The summed E-state index contributed by atoms with van der Waals surface area (Å²) in [6.45, 7) is 3.07. The Balaban J connectivity index is 1.34. The molecule has 2 aliphatic rings. The molecule has 1 unspecified atom stereocenters. The van der Waals surface area contributed by atoms with E-state index in [0.29, 0.717) is 22.6 Å². The predicted octanol–water partition coefficient (Wildman–Crippen LogP) is 5.03. The van der Waals surface area contributed by atoms with Crippen molar-refractivity contribution in [3.05, 3.63) is 70.9 Å². The Kier molecular flexibility index (Phi) is 7.68. The molecule has 7 heteroatoms. The van der Waals surface area contributed by atoms with E-state index in [9.17, 15) is 0 Å². The fourth-order valence-corrected chi connectivity index (χ4v) is 4.62. The van der Waals surface area contributed by atoms with Crippen LogP contribution in [0.3, 0.4) is 0 Å². The summed E-state index contributed by atoms with van der Waals surface area (Å²) in [4.78, 5) is 2.52. The van der Waals surface area contributed by atoms with Crippen LogP contribution in [-0.2, 0) is 0 Å². The van der Waals surface area contributed by atoms with Crippen LogP contribution in [-0.4, -0.2) is 51.9 Å². The second-order valence-corrected chi connectivity index (χ2v) is 8.76. The molecule has 6 nitrogen and oxygen atoms in total. The van der Waals surface area contributed by atoms with Gasteiger partial charge in [0.15, 0.2) is 0 Å². The van der Waals surface area contributed by atoms with Crippen molar-refractivity contribution in [3.8, 4) is 17.2 Å². The van der Waals surface area contributed by atoms with Gasteiger partial charge < -0.3 is 24.8 Å². The highest BCUT2D eigenvalue weighted by Crippen LogP contribution is 2.38. The molecule has 1 fully saturated rings. The summed E-state index contributed by atoms with van der Waals surface area (Å²) in [6.07, 6.45) is 8.69. The van der Waals surface area contributed by atoms with Crippen LogP contribution in [0.4, 0.5) is 5.69 Å². The Morgan fingerprint density at radius 1 is 1.00 bits per heavy atom. The maximum atomic E-state index is 6.34. The first-order valence-electron chi connectivity index (χ1n) is 11.3. The first-order chi connectivity index (χ1) is 16.1. The molecule has 2 aromatic carbocycles. The monoisotopic (exact) mass is 469 g/mol. The van der Waals surface area contributed by atoms with Crippen LogP contribution >= 0.6 is 11.6 Å². The highest BCUT2D eigenvalue weighted by molar-refractivity contribution is 6.33. The molecule has 2 aliphatic heterocycles. The smallest absolute Gasteiger partial charge is 0.141 e. The lowest BCUT2D eigenvalue weighted by molar-refractivity contribution is 0.236. The summed E-state index contributed by atoms with van der Waals surface area (Å²) in [7, 11) is 4.93. The Labute approximate surface area is 201 Å². The maximum absolute atomic E-state index is 6.34.